The summed E-state index contributed by atoms with van der Waals surface area (Å²) in [5, 5.41) is 2.42. The van der Waals surface area contributed by atoms with Crippen molar-refractivity contribution in [1.82, 2.24) is 4.98 Å². The third kappa shape index (κ3) is 4.78. The highest BCUT2D eigenvalue weighted by Crippen LogP contribution is 2.32. The van der Waals surface area contributed by atoms with Gasteiger partial charge in [0.25, 0.3) is 0 Å². The Balaban J connectivity index is 1.41. The number of halogens is 2. The molecule has 0 atom stereocenters. The normalized spacial score (nSPS) is 15.4. The van der Waals surface area contributed by atoms with Crippen molar-refractivity contribution in [3.05, 3.63) is 75.0 Å². The highest BCUT2D eigenvalue weighted by Gasteiger charge is 2.33. The SMILES string of the molecule is Cc1ccc(Cc2csc(N3CCC(S(=O)(=O)c4ccc(F)cc4Cl)CC3)n2)cc1C. The smallest absolute Gasteiger partial charge is 0.185 e. The second-order valence-corrected chi connectivity index (χ2v) is 11.5. The molecule has 0 radical (unpaired) electrons. The second-order valence-electron chi connectivity index (χ2n) is 8.02. The van der Waals surface area contributed by atoms with E-state index in [1.54, 1.807) is 11.3 Å². The molecule has 0 bridgehead atoms. The zero-order valence-corrected chi connectivity index (χ0v) is 19.8. The van der Waals surface area contributed by atoms with Gasteiger partial charge in [-0.15, -0.1) is 11.3 Å². The van der Waals surface area contributed by atoms with E-state index in [1.165, 1.54) is 22.8 Å². The number of hydrogen-bond acceptors (Lipinski definition) is 5. The van der Waals surface area contributed by atoms with Crippen LogP contribution >= 0.6 is 22.9 Å². The Hall–Kier alpha value is -1.96. The molecule has 0 spiro atoms. The molecule has 0 amide bonds. The topological polar surface area (TPSA) is 50.3 Å². The van der Waals surface area contributed by atoms with Gasteiger partial charge in [-0.1, -0.05) is 29.8 Å². The molecule has 0 unspecified atom stereocenters. The zero-order chi connectivity index (χ0) is 22.2. The number of sulfone groups is 1. The van der Waals surface area contributed by atoms with E-state index in [9.17, 15) is 12.8 Å². The largest absolute Gasteiger partial charge is 0.348 e. The van der Waals surface area contributed by atoms with Gasteiger partial charge in [-0.25, -0.2) is 17.8 Å². The van der Waals surface area contributed by atoms with Crippen LogP contribution in [-0.4, -0.2) is 31.7 Å². The minimum atomic E-state index is -3.60. The van der Waals surface area contributed by atoms with Crippen LogP contribution in [0.5, 0.6) is 0 Å². The van der Waals surface area contributed by atoms with Gasteiger partial charge in [0.15, 0.2) is 15.0 Å². The fraction of sp³-hybridized carbons (Fsp3) is 0.348. The second kappa shape index (κ2) is 8.88. The number of aromatic nitrogens is 1. The van der Waals surface area contributed by atoms with Crippen molar-refractivity contribution in [1.29, 1.82) is 0 Å². The molecule has 0 aliphatic carbocycles. The van der Waals surface area contributed by atoms with Gasteiger partial charge in [-0.3, -0.25) is 0 Å². The van der Waals surface area contributed by atoms with Gasteiger partial charge in [0.2, 0.25) is 0 Å². The molecule has 1 aliphatic heterocycles. The molecule has 2 aromatic carbocycles. The maximum atomic E-state index is 13.3. The summed E-state index contributed by atoms with van der Waals surface area (Å²) in [6, 6.07) is 9.93. The molecule has 31 heavy (non-hydrogen) atoms. The fourth-order valence-corrected chi connectivity index (χ4v) is 7.04. The van der Waals surface area contributed by atoms with E-state index < -0.39 is 20.9 Å². The lowest BCUT2D eigenvalue weighted by molar-refractivity contribution is 0.529. The van der Waals surface area contributed by atoms with Gasteiger partial charge in [0.05, 0.1) is 20.9 Å². The van der Waals surface area contributed by atoms with E-state index >= 15 is 0 Å². The number of aryl methyl sites for hydroxylation is 2. The molecule has 0 saturated carbocycles. The van der Waals surface area contributed by atoms with Gasteiger partial charge in [-0.05, 0) is 61.6 Å². The van der Waals surface area contributed by atoms with Gasteiger partial charge < -0.3 is 4.90 Å². The van der Waals surface area contributed by atoms with Gasteiger partial charge in [0.1, 0.15) is 5.82 Å². The third-order valence-electron chi connectivity index (χ3n) is 5.85. The number of anilines is 1. The summed E-state index contributed by atoms with van der Waals surface area (Å²) in [7, 11) is -3.60. The highest BCUT2D eigenvalue weighted by molar-refractivity contribution is 7.92. The van der Waals surface area contributed by atoms with Crippen molar-refractivity contribution in [3.63, 3.8) is 0 Å². The number of piperidine rings is 1. The predicted octanol–water partition coefficient (Wildman–Crippen LogP) is 5.59. The van der Waals surface area contributed by atoms with Crippen molar-refractivity contribution in [2.45, 2.75) is 43.3 Å². The van der Waals surface area contributed by atoms with Crippen LogP contribution in [0.15, 0.2) is 46.7 Å². The monoisotopic (exact) mass is 478 g/mol. The van der Waals surface area contributed by atoms with Crippen molar-refractivity contribution in [2.24, 2.45) is 0 Å². The van der Waals surface area contributed by atoms with E-state index in [-0.39, 0.29) is 9.92 Å². The van der Waals surface area contributed by atoms with Crippen LogP contribution < -0.4 is 4.90 Å². The summed E-state index contributed by atoms with van der Waals surface area (Å²) in [6.07, 6.45) is 1.76. The van der Waals surface area contributed by atoms with E-state index in [4.69, 9.17) is 16.6 Å². The summed E-state index contributed by atoms with van der Waals surface area (Å²) < 4.78 is 39.3. The first-order valence-electron chi connectivity index (χ1n) is 10.2. The number of benzene rings is 2. The first-order valence-corrected chi connectivity index (χ1v) is 13.0. The zero-order valence-electron chi connectivity index (χ0n) is 17.4. The average Bonchev–Trinajstić information content (AvgIpc) is 3.19. The Labute approximate surface area is 191 Å². The lowest BCUT2D eigenvalue weighted by atomic mass is 10.0. The molecular formula is C23H24ClFN2O2S2. The molecule has 1 saturated heterocycles. The standard InChI is InChI=1S/C23H24ClFN2O2S2/c1-15-3-4-17(11-16(15)2)12-19-14-30-23(26-19)27-9-7-20(8-10-27)31(28,29)22-6-5-18(25)13-21(22)24/h3-6,11,13-14,20H,7-10,12H2,1-2H3. The Morgan fingerprint density at radius 2 is 1.87 bits per heavy atom. The van der Waals surface area contributed by atoms with E-state index in [0.717, 1.165) is 29.4 Å². The van der Waals surface area contributed by atoms with Crippen molar-refractivity contribution in [3.8, 4) is 0 Å². The summed E-state index contributed by atoms with van der Waals surface area (Å²) in [6.45, 7) is 5.44. The highest BCUT2D eigenvalue weighted by atomic mass is 35.5. The van der Waals surface area contributed by atoms with Gasteiger partial charge >= 0.3 is 0 Å². The molecule has 164 valence electrons. The number of hydrogen-bond donors (Lipinski definition) is 0. The van der Waals surface area contributed by atoms with Crippen LogP contribution in [0.1, 0.15) is 35.2 Å². The molecule has 0 N–H and O–H groups in total. The van der Waals surface area contributed by atoms with Crippen molar-refractivity contribution in [2.75, 3.05) is 18.0 Å². The fourth-order valence-electron chi connectivity index (χ4n) is 3.89. The average molecular weight is 479 g/mol. The minimum absolute atomic E-state index is 0.0129. The van der Waals surface area contributed by atoms with Crippen LogP contribution in [0.25, 0.3) is 0 Å². The van der Waals surface area contributed by atoms with Crippen LogP contribution in [0.4, 0.5) is 9.52 Å². The van der Waals surface area contributed by atoms with Crippen LogP contribution in [0.3, 0.4) is 0 Å². The molecule has 3 aromatic rings. The maximum Gasteiger partial charge on any atom is 0.185 e. The van der Waals surface area contributed by atoms with E-state index in [0.29, 0.717) is 25.9 Å². The van der Waals surface area contributed by atoms with Gasteiger partial charge in [0, 0.05) is 24.9 Å². The molecule has 4 rings (SSSR count). The Bertz CT molecular complexity index is 1200. The number of thiazole rings is 1. The quantitative estimate of drug-likeness (QED) is 0.449. The predicted molar refractivity (Wildman–Crippen MR) is 125 cm³/mol. The van der Waals surface area contributed by atoms with E-state index in [2.05, 4.69) is 42.3 Å². The molecule has 1 fully saturated rings. The summed E-state index contributed by atoms with van der Waals surface area (Å²) >= 11 is 7.60. The van der Waals surface area contributed by atoms with Crippen molar-refractivity contribution < 1.29 is 12.8 Å². The molecular weight excluding hydrogens is 455 g/mol. The molecule has 1 aromatic heterocycles. The summed E-state index contributed by atoms with van der Waals surface area (Å²) in [5.41, 5.74) is 4.82. The Kier molecular flexibility index (Phi) is 6.37. The van der Waals surface area contributed by atoms with Crippen LogP contribution in [0.2, 0.25) is 5.02 Å². The number of rotatable bonds is 5. The molecule has 2 heterocycles. The lowest BCUT2D eigenvalue weighted by Gasteiger charge is -2.31. The van der Waals surface area contributed by atoms with Crippen molar-refractivity contribution >= 4 is 37.9 Å². The van der Waals surface area contributed by atoms with Crippen LogP contribution in [-0.2, 0) is 16.3 Å². The Morgan fingerprint density at radius 3 is 2.55 bits per heavy atom. The Morgan fingerprint density at radius 1 is 1.13 bits per heavy atom. The maximum absolute atomic E-state index is 13.3. The minimum Gasteiger partial charge on any atom is -0.348 e. The first-order chi connectivity index (χ1) is 14.7. The molecule has 1 aliphatic rings. The summed E-state index contributed by atoms with van der Waals surface area (Å²) in [4.78, 5) is 6.94. The van der Waals surface area contributed by atoms with E-state index in [1.807, 2.05) is 0 Å². The lowest BCUT2D eigenvalue weighted by Crippen LogP contribution is -2.39. The summed E-state index contributed by atoms with van der Waals surface area (Å²) in [5.74, 6) is -0.542. The third-order valence-corrected chi connectivity index (χ3v) is 9.54. The number of nitrogens with zero attached hydrogens (tertiary/aromatic N) is 2. The van der Waals surface area contributed by atoms with Crippen LogP contribution in [0, 0.1) is 19.7 Å². The van der Waals surface area contributed by atoms with Gasteiger partial charge in [-0.2, -0.15) is 0 Å². The molecule has 4 nitrogen and oxygen atoms in total. The molecule has 8 heteroatoms. The first kappa shape index (κ1) is 22.2.